The molecule has 0 heterocycles. The van der Waals surface area contributed by atoms with Gasteiger partial charge in [0.25, 0.3) is 0 Å². The summed E-state index contributed by atoms with van der Waals surface area (Å²) >= 11 is 0. The van der Waals surface area contributed by atoms with Crippen molar-refractivity contribution in [2.75, 3.05) is 26.1 Å². The van der Waals surface area contributed by atoms with Gasteiger partial charge in [0.2, 0.25) is 15.9 Å². The van der Waals surface area contributed by atoms with E-state index in [1.165, 1.54) is 26.4 Å². The number of carbonyl (C=O) groups excluding carboxylic acids is 1. The fraction of sp³-hybridized carbons (Fsp3) is 0.269. The SMILES string of the molecule is CCOc1ccc(S(=O)(=O)N[C@H](Cc2ccccc2)C(=O)Nc2ccc(OC)c(OC)c2)cc1C. The summed E-state index contributed by atoms with van der Waals surface area (Å²) in [5.41, 5.74) is 1.94. The second kappa shape index (κ2) is 11.7. The molecule has 0 saturated heterocycles. The van der Waals surface area contributed by atoms with E-state index in [-0.39, 0.29) is 11.3 Å². The zero-order valence-electron chi connectivity index (χ0n) is 20.2. The normalized spacial score (nSPS) is 12.0. The maximum Gasteiger partial charge on any atom is 0.242 e. The van der Waals surface area contributed by atoms with Gasteiger partial charge in [0.1, 0.15) is 11.8 Å². The number of rotatable bonds is 11. The van der Waals surface area contributed by atoms with Gasteiger partial charge in [-0.3, -0.25) is 4.79 Å². The third kappa shape index (κ3) is 6.74. The Balaban J connectivity index is 1.88. The van der Waals surface area contributed by atoms with Gasteiger partial charge in [-0.1, -0.05) is 30.3 Å². The van der Waals surface area contributed by atoms with Crippen LogP contribution in [0.25, 0.3) is 0 Å². The standard InChI is InChI=1S/C26H30N2O6S/c1-5-34-23-14-12-21(15-18(23)2)35(30,31)28-22(16-19-9-7-6-8-10-19)26(29)27-20-11-13-24(32-3)25(17-20)33-4/h6-15,17,22,28H,5,16H2,1-4H3,(H,27,29)/t22-/m1/s1. The molecule has 0 bridgehead atoms. The Bertz CT molecular complexity index is 1260. The average Bonchev–Trinajstić information content (AvgIpc) is 2.85. The molecule has 0 aliphatic carbocycles. The van der Waals surface area contributed by atoms with E-state index >= 15 is 0 Å². The number of amides is 1. The minimum atomic E-state index is -4.01. The minimum Gasteiger partial charge on any atom is -0.494 e. The van der Waals surface area contributed by atoms with Crippen molar-refractivity contribution in [3.05, 3.63) is 77.9 Å². The van der Waals surface area contributed by atoms with Crippen LogP contribution in [-0.2, 0) is 21.2 Å². The highest BCUT2D eigenvalue weighted by molar-refractivity contribution is 7.89. The lowest BCUT2D eigenvalue weighted by Gasteiger charge is -2.20. The Morgan fingerprint density at radius 3 is 2.23 bits per heavy atom. The highest BCUT2D eigenvalue weighted by Crippen LogP contribution is 2.30. The average molecular weight is 499 g/mol. The summed E-state index contributed by atoms with van der Waals surface area (Å²) in [5.74, 6) is 1.05. The molecule has 3 rings (SSSR count). The Hall–Kier alpha value is -3.56. The van der Waals surface area contributed by atoms with Gasteiger partial charge >= 0.3 is 0 Å². The monoisotopic (exact) mass is 498 g/mol. The number of nitrogens with one attached hydrogen (secondary N) is 2. The molecule has 0 aliphatic rings. The number of sulfonamides is 1. The van der Waals surface area contributed by atoms with Crippen molar-refractivity contribution in [1.29, 1.82) is 0 Å². The fourth-order valence-electron chi connectivity index (χ4n) is 3.54. The van der Waals surface area contributed by atoms with Gasteiger partial charge in [-0.15, -0.1) is 0 Å². The van der Waals surface area contributed by atoms with E-state index in [9.17, 15) is 13.2 Å². The van der Waals surface area contributed by atoms with Crippen LogP contribution < -0.4 is 24.2 Å². The van der Waals surface area contributed by atoms with Crippen LogP contribution in [0.1, 0.15) is 18.1 Å². The molecule has 0 aromatic heterocycles. The van der Waals surface area contributed by atoms with E-state index in [1.807, 2.05) is 37.3 Å². The Morgan fingerprint density at radius 1 is 0.914 bits per heavy atom. The molecule has 1 amide bonds. The zero-order valence-corrected chi connectivity index (χ0v) is 21.0. The summed E-state index contributed by atoms with van der Waals surface area (Å²) < 4.78 is 45.1. The molecule has 0 spiro atoms. The summed E-state index contributed by atoms with van der Waals surface area (Å²) in [6.07, 6.45) is 0.162. The lowest BCUT2D eigenvalue weighted by Crippen LogP contribution is -2.45. The first kappa shape index (κ1) is 26.1. The summed E-state index contributed by atoms with van der Waals surface area (Å²) in [7, 11) is -0.994. The molecule has 9 heteroatoms. The van der Waals surface area contributed by atoms with Crippen LogP contribution in [0.15, 0.2) is 71.6 Å². The number of hydrogen-bond acceptors (Lipinski definition) is 6. The molecule has 0 aliphatic heterocycles. The van der Waals surface area contributed by atoms with E-state index in [0.717, 1.165) is 5.56 Å². The van der Waals surface area contributed by atoms with Crippen LogP contribution in [0.5, 0.6) is 17.2 Å². The molecule has 0 fully saturated rings. The van der Waals surface area contributed by atoms with Crippen LogP contribution in [0.2, 0.25) is 0 Å². The number of hydrogen-bond donors (Lipinski definition) is 2. The fourth-order valence-corrected chi connectivity index (χ4v) is 4.82. The summed E-state index contributed by atoms with van der Waals surface area (Å²) in [6.45, 7) is 4.10. The van der Waals surface area contributed by atoms with Crippen molar-refractivity contribution in [1.82, 2.24) is 4.72 Å². The molecule has 3 aromatic rings. The minimum absolute atomic E-state index is 0.0513. The van der Waals surface area contributed by atoms with Gasteiger partial charge in [0.05, 0.1) is 25.7 Å². The number of aryl methyl sites for hydroxylation is 1. The molecule has 0 saturated carbocycles. The summed E-state index contributed by atoms with van der Waals surface area (Å²) in [6, 6.07) is 17.7. The third-order valence-corrected chi connectivity index (χ3v) is 6.77. The number of carbonyl (C=O) groups is 1. The number of methoxy groups -OCH3 is 2. The number of benzene rings is 3. The van der Waals surface area contributed by atoms with Crippen LogP contribution in [-0.4, -0.2) is 41.2 Å². The van der Waals surface area contributed by atoms with E-state index < -0.39 is 22.0 Å². The Kier molecular flexibility index (Phi) is 8.73. The molecule has 0 unspecified atom stereocenters. The van der Waals surface area contributed by atoms with Gasteiger partial charge in [0.15, 0.2) is 11.5 Å². The molecular weight excluding hydrogens is 468 g/mol. The zero-order chi connectivity index (χ0) is 25.4. The van der Waals surface area contributed by atoms with E-state index in [2.05, 4.69) is 10.0 Å². The predicted octanol–water partition coefficient (Wildman–Crippen LogP) is 3.94. The summed E-state index contributed by atoms with van der Waals surface area (Å²) in [5, 5.41) is 2.78. The van der Waals surface area contributed by atoms with Crippen molar-refractivity contribution in [3.8, 4) is 17.2 Å². The Morgan fingerprint density at radius 2 is 1.60 bits per heavy atom. The molecule has 2 N–H and O–H groups in total. The molecule has 3 aromatic carbocycles. The quantitative estimate of drug-likeness (QED) is 0.415. The maximum absolute atomic E-state index is 13.3. The highest BCUT2D eigenvalue weighted by Gasteiger charge is 2.27. The molecule has 8 nitrogen and oxygen atoms in total. The first-order chi connectivity index (χ1) is 16.8. The molecule has 0 radical (unpaired) electrons. The number of ether oxygens (including phenoxy) is 3. The lowest BCUT2D eigenvalue weighted by atomic mass is 10.1. The van der Waals surface area contributed by atoms with Gasteiger partial charge in [-0.2, -0.15) is 4.72 Å². The van der Waals surface area contributed by atoms with E-state index in [1.54, 1.807) is 31.2 Å². The predicted molar refractivity (Wildman–Crippen MR) is 135 cm³/mol. The van der Waals surface area contributed by atoms with Crippen LogP contribution in [0.4, 0.5) is 5.69 Å². The van der Waals surface area contributed by atoms with Gasteiger partial charge < -0.3 is 19.5 Å². The van der Waals surface area contributed by atoms with Crippen molar-refractivity contribution < 1.29 is 27.4 Å². The van der Waals surface area contributed by atoms with E-state index in [0.29, 0.717) is 35.1 Å². The second-order valence-electron chi connectivity index (χ2n) is 7.78. The lowest BCUT2D eigenvalue weighted by molar-refractivity contribution is -0.117. The van der Waals surface area contributed by atoms with Gasteiger partial charge in [-0.05, 0) is 61.7 Å². The van der Waals surface area contributed by atoms with Gasteiger partial charge in [-0.25, -0.2) is 8.42 Å². The second-order valence-corrected chi connectivity index (χ2v) is 9.50. The molecule has 186 valence electrons. The van der Waals surface area contributed by atoms with Gasteiger partial charge in [0, 0.05) is 11.8 Å². The third-order valence-electron chi connectivity index (χ3n) is 5.30. The first-order valence-electron chi connectivity index (χ1n) is 11.1. The van der Waals surface area contributed by atoms with Crippen molar-refractivity contribution >= 4 is 21.6 Å². The largest absolute Gasteiger partial charge is 0.494 e. The van der Waals surface area contributed by atoms with E-state index in [4.69, 9.17) is 14.2 Å². The molecular formula is C26H30N2O6S. The highest BCUT2D eigenvalue weighted by atomic mass is 32.2. The smallest absolute Gasteiger partial charge is 0.242 e. The van der Waals surface area contributed by atoms with Crippen molar-refractivity contribution in [2.24, 2.45) is 0 Å². The molecule has 1 atom stereocenters. The summed E-state index contributed by atoms with van der Waals surface area (Å²) in [4.78, 5) is 13.3. The first-order valence-corrected chi connectivity index (χ1v) is 12.6. The van der Waals surface area contributed by atoms with Crippen LogP contribution >= 0.6 is 0 Å². The number of anilines is 1. The topological polar surface area (TPSA) is 103 Å². The van der Waals surface area contributed by atoms with Crippen LogP contribution in [0, 0.1) is 6.92 Å². The van der Waals surface area contributed by atoms with Crippen molar-refractivity contribution in [3.63, 3.8) is 0 Å². The van der Waals surface area contributed by atoms with Crippen molar-refractivity contribution in [2.45, 2.75) is 31.2 Å². The maximum atomic E-state index is 13.3. The molecule has 35 heavy (non-hydrogen) atoms. The Labute approximate surface area is 206 Å². The van der Waals surface area contributed by atoms with Crippen LogP contribution in [0.3, 0.4) is 0 Å².